The number of aromatic nitrogens is 3. The van der Waals surface area contributed by atoms with Gasteiger partial charge in [-0.15, -0.1) is 0 Å². The van der Waals surface area contributed by atoms with Crippen LogP contribution in [0.5, 0.6) is 0 Å². The summed E-state index contributed by atoms with van der Waals surface area (Å²) in [5.74, 6) is 0.787. The maximum absolute atomic E-state index is 4.45. The molecule has 0 bridgehead atoms. The topological polar surface area (TPSA) is 38.7 Å². The van der Waals surface area contributed by atoms with Crippen LogP contribution in [0.25, 0.3) is 10.8 Å². The average Bonchev–Trinajstić information content (AvgIpc) is 2.46. The van der Waals surface area contributed by atoms with Crippen LogP contribution in [-0.4, -0.2) is 15.0 Å². The van der Waals surface area contributed by atoms with E-state index in [0.29, 0.717) is 0 Å². The van der Waals surface area contributed by atoms with E-state index >= 15 is 0 Å². The highest BCUT2D eigenvalue weighted by Crippen LogP contribution is 2.20. The van der Waals surface area contributed by atoms with Crippen LogP contribution in [0.1, 0.15) is 5.69 Å². The second-order valence-electron chi connectivity index (χ2n) is 3.84. The Labute approximate surface area is 109 Å². The number of hydrogen-bond donors (Lipinski definition) is 0. The SMILES string of the molecule is c1cnc(SCc2cc3ccccc3cn2)nc1. The molecule has 0 unspecified atom stereocenters. The Hall–Kier alpha value is -1.94. The van der Waals surface area contributed by atoms with Gasteiger partial charge in [-0.2, -0.15) is 0 Å². The average molecular weight is 253 g/mol. The molecule has 4 heteroatoms. The fraction of sp³-hybridized carbons (Fsp3) is 0.0714. The van der Waals surface area contributed by atoms with E-state index in [1.54, 1.807) is 24.2 Å². The minimum Gasteiger partial charge on any atom is -0.260 e. The molecule has 3 nitrogen and oxygen atoms in total. The monoisotopic (exact) mass is 253 g/mol. The predicted octanol–water partition coefficient (Wildman–Crippen LogP) is 3.32. The van der Waals surface area contributed by atoms with Crippen LogP contribution in [0.4, 0.5) is 0 Å². The van der Waals surface area contributed by atoms with Crippen LogP contribution < -0.4 is 0 Å². The number of fused-ring (bicyclic) bond motifs is 1. The second kappa shape index (κ2) is 5.14. The largest absolute Gasteiger partial charge is 0.260 e. The number of hydrogen-bond acceptors (Lipinski definition) is 4. The molecule has 0 saturated heterocycles. The third-order valence-corrected chi connectivity index (χ3v) is 3.49. The van der Waals surface area contributed by atoms with Gasteiger partial charge in [0.1, 0.15) is 0 Å². The van der Waals surface area contributed by atoms with E-state index in [2.05, 4.69) is 33.2 Å². The number of nitrogens with zero attached hydrogens (tertiary/aromatic N) is 3. The first kappa shape index (κ1) is 11.2. The maximum atomic E-state index is 4.45. The van der Waals surface area contributed by atoms with Crippen LogP contribution in [0, 0.1) is 0 Å². The Morgan fingerprint density at radius 2 is 1.67 bits per heavy atom. The highest BCUT2D eigenvalue weighted by Gasteiger charge is 2.00. The van der Waals surface area contributed by atoms with Crippen molar-refractivity contribution in [2.75, 3.05) is 0 Å². The maximum Gasteiger partial charge on any atom is 0.187 e. The van der Waals surface area contributed by atoms with Gasteiger partial charge in [-0.05, 0) is 17.5 Å². The number of benzene rings is 1. The second-order valence-corrected chi connectivity index (χ2v) is 4.79. The molecular formula is C14H11N3S. The molecule has 0 N–H and O–H groups in total. The van der Waals surface area contributed by atoms with Gasteiger partial charge < -0.3 is 0 Å². The standard InChI is InChI=1S/C14H11N3S/c1-2-5-12-9-17-13(8-11(12)4-1)10-18-14-15-6-3-7-16-14/h1-9H,10H2. The van der Waals surface area contributed by atoms with Gasteiger partial charge in [0.2, 0.25) is 0 Å². The zero-order valence-corrected chi connectivity index (χ0v) is 10.5. The van der Waals surface area contributed by atoms with Crippen LogP contribution in [0.2, 0.25) is 0 Å². The first-order chi connectivity index (χ1) is 8.92. The number of rotatable bonds is 3. The summed E-state index contributed by atoms with van der Waals surface area (Å²) >= 11 is 1.60. The summed E-state index contributed by atoms with van der Waals surface area (Å²) in [6.07, 6.45) is 5.42. The first-order valence-corrected chi connectivity index (χ1v) is 6.64. The summed E-state index contributed by atoms with van der Waals surface area (Å²) in [5.41, 5.74) is 1.05. The van der Waals surface area contributed by atoms with Gasteiger partial charge in [0.15, 0.2) is 5.16 Å². The Bertz CT molecular complexity index is 655. The molecule has 88 valence electrons. The molecule has 0 spiro atoms. The molecule has 2 heterocycles. The van der Waals surface area contributed by atoms with Crippen molar-refractivity contribution in [1.29, 1.82) is 0 Å². The van der Waals surface area contributed by atoms with Gasteiger partial charge in [0.05, 0.1) is 5.69 Å². The van der Waals surface area contributed by atoms with E-state index in [1.807, 2.05) is 24.4 Å². The van der Waals surface area contributed by atoms with Gasteiger partial charge >= 0.3 is 0 Å². The van der Waals surface area contributed by atoms with E-state index in [9.17, 15) is 0 Å². The lowest BCUT2D eigenvalue weighted by Gasteiger charge is -2.02. The van der Waals surface area contributed by atoms with Gasteiger partial charge in [0, 0.05) is 29.7 Å². The van der Waals surface area contributed by atoms with Gasteiger partial charge in [-0.3, -0.25) is 4.98 Å². The molecule has 0 fully saturated rings. The van der Waals surface area contributed by atoms with E-state index < -0.39 is 0 Å². The molecule has 2 aromatic heterocycles. The summed E-state index contributed by atoms with van der Waals surface area (Å²) in [5, 5.41) is 3.17. The van der Waals surface area contributed by atoms with E-state index in [1.165, 1.54) is 10.8 Å². The van der Waals surface area contributed by atoms with E-state index in [0.717, 1.165) is 16.6 Å². The smallest absolute Gasteiger partial charge is 0.187 e. The first-order valence-electron chi connectivity index (χ1n) is 5.65. The Balaban J connectivity index is 1.79. The van der Waals surface area contributed by atoms with Crippen molar-refractivity contribution in [3.8, 4) is 0 Å². The quantitative estimate of drug-likeness (QED) is 0.530. The number of thioether (sulfide) groups is 1. The van der Waals surface area contributed by atoms with Crippen LogP contribution in [0.3, 0.4) is 0 Å². The molecule has 0 atom stereocenters. The molecular weight excluding hydrogens is 242 g/mol. The Morgan fingerprint density at radius 1 is 0.889 bits per heavy atom. The van der Waals surface area contributed by atoms with Crippen LogP contribution in [0.15, 0.2) is 60.1 Å². The minimum absolute atomic E-state index is 0.785. The molecule has 18 heavy (non-hydrogen) atoms. The van der Waals surface area contributed by atoms with Crippen molar-refractivity contribution in [2.45, 2.75) is 10.9 Å². The minimum atomic E-state index is 0.785. The van der Waals surface area contributed by atoms with Crippen LogP contribution in [-0.2, 0) is 5.75 Å². The van der Waals surface area contributed by atoms with Crippen molar-refractivity contribution in [3.05, 3.63) is 60.7 Å². The molecule has 0 aliphatic rings. The van der Waals surface area contributed by atoms with Crippen molar-refractivity contribution < 1.29 is 0 Å². The summed E-state index contributed by atoms with van der Waals surface area (Å²) < 4.78 is 0. The summed E-state index contributed by atoms with van der Waals surface area (Å²) in [4.78, 5) is 12.8. The molecule has 0 amide bonds. The Morgan fingerprint density at radius 3 is 2.50 bits per heavy atom. The van der Waals surface area contributed by atoms with E-state index in [4.69, 9.17) is 0 Å². The third-order valence-electron chi connectivity index (χ3n) is 2.58. The molecule has 1 aromatic carbocycles. The summed E-state index contributed by atoms with van der Waals surface area (Å²) in [6, 6.07) is 12.2. The lowest BCUT2D eigenvalue weighted by molar-refractivity contribution is 0.965. The Kier molecular flexibility index (Phi) is 3.19. The van der Waals surface area contributed by atoms with Crippen molar-refractivity contribution in [1.82, 2.24) is 15.0 Å². The van der Waals surface area contributed by atoms with Crippen LogP contribution >= 0.6 is 11.8 Å². The van der Waals surface area contributed by atoms with E-state index in [-0.39, 0.29) is 0 Å². The lowest BCUT2D eigenvalue weighted by atomic mass is 10.1. The fourth-order valence-corrected chi connectivity index (χ4v) is 2.41. The lowest BCUT2D eigenvalue weighted by Crippen LogP contribution is -1.89. The van der Waals surface area contributed by atoms with Crippen molar-refractivity contribution >= 4 is 22.5 Å². The normalized spacial score (nSPS) is 10.7. The fourth-order valence-electron chi connectivity index (χ4n) is 1.71. The predicted molar refractivity (Wildman–Crippen MR) is 73.3 cm³/mol. The van der Waals surface area contributed by atoms with Crippen molar-refractivity contribution in [2.24, 2.45) is 0 Å². The molecule has 3 aromatic rings. The van der Waals surface area contributed by atoms with Gasteiger partial charge in [-0.1, -0.05) is 36.0 Å². The molecule has 0 radical (unpaired) electrons. The summed E-state index contributed by atoms with van der Waals surface area (Å²) in [7, 11) is 0. The molecule has 0 aliphatic heterocycles. The molecule has 3 rings (SSSR count). The van der Waals surface area contributed by atoms with Crippen molar-refractivity contribution in [3.63, 3.8) is 0 Å². The summed E-state index contributed by atoms with van der Waals surface area (Å²) in [6.45, 7) is 0. The zero-order valence-electron chi connectivity index (χ0n) is 9.65. The number of pyridine rings is 1. The molecule has 0 saturated carbocycles. The molecule has 0 aliphatic carbocycles. The third kappa shape index (κ3) is 2.49. The van der Waals surface area contributed by atoms with Gasteiger partial charge in [0.25, 0.3) is 0 Å². The highest BCUT2D eigenvalue weighted by molar-refractivity contribution is 7.98. The highest BCUT2D eigenvalue weighted by atomic mass is 32.2. The zero-order chi connectivity index (χ0) is 12.2. The van der Waals surface area contributed by atoms with Gasteiger partial charge in [-0.25, -0.2) is 9.97 Å².